The first-order valence-corrected chi connectivity index (χ1v) is 5.03. The van der Waals surface area contributed by atoms with Crippen molar-refractivity contribution >= 4 is 5.57 Å². The zero-order valence-electron chi connectivity index (χ0n) is 9.44. The van der Waals surface area contributed by atoms with Gasteiger partial charge in [-0.2, -0.15) is 5.26 Å². The molecule has 0 aliphatic heterocycles. The summed E-state index contributed by atoms with van der Waals surface area (Å²) in [5, 5.41) is 18.1. The molecule has 86 valence electrons. The lowest BCUT2D eigenvalue weighted by atomic mass is 10.0. The summed E-state index contributed by atoms with van der Waals surface area (Å²) < 4.78 is 13.9. The fourth-order valence-electron chi connectivity index (χ4n) is 1.36. The van der Waals surface area contributed by atoms with Crippen LogP contribution >= 0.6 is 0 Å². The van der Waals surface area contributed by atoms with E-state index in [1.165, 1.54) is 18.2 Å². The highest BCUT2D eigenvalue weighted by molar-refractivity contribution is 5.76. The minimum Gasteiger partial charge on any atom is -0.506 e. The van der Waals surface area contributed by atoms with Gasteiger partial charge in [-0.25, -0.2) is 4.39 Å². The average molecular weight is 229 g/mol. The third-order valence-corrected chi connectivity index (χ3v) is 2.23. The first-order chi connectivity index (χ1) is 8.15. The van der Waals surface area contributed by atoms with Crippen LogP contribution in [-0.4, -0.2) is 5.11 Å². The summed E-state index contributed by atoms with van der Waals surface area (Å²) in [7, 11) is 0. The molecule has 0 unspecified atom stereocenters. The Kier molecular flexibility index (Phi) is 4.24. The molecule has 0 aliphatic rings. The number of phenols is 1. The minimum atomic E-state index is -0.733. The van der Waals surface area contributed by atoms with Crippen LogP contribution in [0.2, 0.25) is 0 Å². The summed E-state index contributed by atoms with van der Waals surface area (Å²) in [4.78, 5) is 0. The number of allylic oxidation sites excluding steroid dienone is 5. The molecule has 0 atom stereocenters. The van der Waals surface area contributed by atoms with Gasteiger partial charge in [-0.05, 0) is 24.6 Å². The van der Waals surface area contributed by atoms with E-state index in [2.05, 4.69) is 6.58 Å². The molecule has 0 aromatic heterocycles. The fraction of sp³-hybridized carbons (Fsp3) is 0.0714. The van der Waals surface area contributed by atoms with E-state index in [-0.39, 0.29) is 16.9 Å². The van der Waals surface area contributed by atoms with Crippen LogP contribution in [0.25, 0.3) is 5.57 Å². The van der Waals surface area contributed by atoms with E-state index in [0.29, 0.717) is 5.57 Å². The van der Waals surface area contributed by atoms with Crippen LogP contribution in [0.15, 0.2) is 43.0 Å². The molecule has 0 amide bonds. The second-order valence-electron chi connectivity index (χ2n) is 3.28. The van der Waals surface area contributed by atoms with Crippen molar-refractivity contribution in [1.29, 1.82) is 5.26 Å². The highest BCUT2D eigenvalue weighted by atomic mass is 19.1. The van der Waals surface area contributed by atoms with E-state index in [9.17, 15) is 9.50 Å². The van der Waals surface area contributed by atoms with Gasteiger partial charge in [0, 0.05) is 5.56 Å². The number of halogens is 1. The quantitative estimate of drug-likeness (QED) is 0.805. The number of aromatic hydroxyl groups is 1. The van der Waals surface area contributed by atoms with E-state index in [4.69, 9.17) is 5.26 Å². The first kappa shape index (κ1) is 12.7. The molecule has 0 fully saturated rings. The van der Waals surface area contributed by atoms with Crippen molar-refractivity contribution in [3.05, 3.63) is 60.0 Å². The van der Waals surface area contributed by atoms with Gasteiger partial charge in [0.15, 0.2) is 5.82 Å². The predicted molar refractivity (Wildman–Crippen MR) is 65.8 cm³/mol. The highest BCUT2D eigenvalue weighted by Crippen LogP contribution is 2.27. The molecule has 0 spiro atoms. The van der Waals surface area contributed by atoms with Gasteiger partial charge >= 0.3 is 0 Å². The van der Waals surface area contributed by atoms with Gasteiger partial charge in [0.05, 0.1) is 0 Å². The van der Waals surface area contributed by atoms with Crippen molar-refractivity contribution < 1.29 is 9.50 Å². The molecule has 1 aromatic carbocycles. The largest absolute Gasteiger partial charge is 0.506 e. The molecule has 17 heavy (non-hydrogen) atoms. The molecule has 1 rings (SSSR count). The molecule has 2 nitrogen and oxygen atoms in total. The van der Waals surface area contributed by atoms with Crippen LogP contribution in [0.4, 0.5) is 4.39 Å². The van der Waals surface area contributed by atoms with Crippen molar-refractivity contribution in [3.63, 3.8) is 0 Å². The molecule has 1 aromatic rings. The number of hydrogen-bond acceptors (Lipinski definition) is 2. The fourth-order valence-corrected chi connectivity index (χ4v) is 1.36. The molecule has 0 bridgehead atoms. The maximum atomic E-state index is 13.9. The van der Waals surface area contributed by atoms with Gasteiger partial charge in [-0.3, -0.25) is 0 Å². The third kappa shape index (κ3) is 2.61. The van der Waals surface area contributed by atoms with Crippen molar-refractivity contribution in [3.8, 4) is 11.8 Å². The molecule has 0 radical (unpaired) electrons. The van der Waals surface area contributed by atoms with E-state index >= 15 is 0 Å². The topological polar surface area (TPSA) is 44.0 Å². The zero-order valence-corrected chi connectivity index (χ0v) is 9.44. The summed E-state index contributed by atoms with van der Waals surface area (Å²) in [6, 6.07) is 4.35. The summed E-state index contributed by atoms with van der Waals surface area (Å²) in [6.07, 6.45) is 6.72. The Morgan fingerprint density at radius 2 is 2.24 bits per heavy atom. The lowest BCUT2D eigenvalue weighted by molar-refractivity contribution is 0.466. The number of phenolic OH excluding ortho intramolecular Hbond substituents is 1. The van der Waals surface area contributed by atoms with Gasteiger partial charge < -0.3 is 5.11 Å². The Labute approximate surface area is 99.6 Å². The standard InChI is InChI=1S/C14H12FNO/c1-3-5-6-10(4-2)11-7-8-13(17)12(9-16)14(11)15/h3-8,17H,2H2,1H3/b5-3-,10-6+. The van der Waals surface area contributed by atoms with E-state index in [1.54, 1.807) is 24.3 Å². The van der Waals surface area contributed by atoms with Gasteiger partial charge in [0.25, 0.3) is 0 Å². The molecule has 0 saturated carbocycles. The Balaban J connectivity index is 3.42. The third-order valence-electron chi connectivity index (χ3n) is 2.23. The average Bonchev–Trinajstić information content (AvgIpc) is 2.33. The maximum absolute atomic E-state index is 13.9. The number of hydrogen-bond donors (Lipinski definition) is 1. The van der Waals surface area contributed by atoms with Gasteiger partial charge in [-0.15, -0.1) is 0 Å². The molecule has 0 heterocycles. The van der Waals surface area contributed by atoms with Crippen molar-refractivity contribution in [2.24, 2.45) is 0 Å². The zero-order chi connectivity index (χ0) is 12.8. The van der Waals surface area contributed by atoms with Crippen LogP contribution in [0.1, 0.15) is 18.1 Å². The van der Waals surface area contributed by atoms with Crippen LogP contribution in [0.3, 0.4) is 0 Å². The second kappa shape index (κ2) is 5.66. The van der Waals surface area contributed by atoms with E-state index in [0.717, 1.165) is 0 Å². The Hall–Kier alpha value is -2.34. The van der Waals surface area contributed by atoms with Crippen LogP contribution in [-0.2, 0) is 0 Å². The van der Waals surface area contributed by atoms with Crippen LogP contribution in [0, 0.1) is 17.1 Å². The molecular weight excluding hydrogens is 217 g/mol. The summed E-state index contributed by atoms with van der Waals surface area (Å²) in [5.74, 6) is -1.09. The van der Waals surface area contributed by atoms with Crippen LogP contribution < -0.4 is 0 Å². The van der Waals surface area contributed by atoms with Gasteiger partial charge in [0.1, 0.15) is 17.4 Å². The molecular formula is C14H12FNO. The summed E-state index contributed by atoms with van der Waals surface area (Å²) in [6.45, 7) is 5.43. The number of nitrogens with zero attached hydrogens (tertiary/aromatic N) is 1. The van der Waals surface area contributed by atoms with Crippen molar-refractivity contribution in [1.82, 2.24) is 0 Å². The molecule has 3 heteroatoms. The van der Waals surface area contributed by atoms with Crippen molar-refractivity contribution in [2.75, 3.05) is 0 Å². The Morgan fingerprint density at radius 1 is 1.53 bits per heavy atom. The van der Waals surface area contributed by atoms with E-state index in [1.807, 2.05) is 6.92 Å². The highest BCUT2D eigenvalue weighted by Gasteiger charge is 2.13. The Morgan fingerprint density at radius 3 is 2.76 bits per heavy atom. The van der Waals surface area contributed by atoms with Gasteiger partial charge in [0.2, 0.25) is 0 Å². The van der Waals surface area contributed by atoms with Crippen LogP contribution in [0.5, 0.6) is 5.75 Å². The molecule has 0 aliphatic carbocycles. The maximum Gasteiger partial charge on any atom is 0.152 e. The van der Waals surface area contributed by atoms with Gasteiger partial charge in [-0.1, -0.05) is 30.9 Å². The normalized spacial score (nSPS) is 11.5. The second-order valence-corrected chi connectivity index (χ2v) is 3.28. The number of benzene rings is 1. The Bertz CT molecular complexity index is 536. The molecule has 0 saturated heterocycles. The lowest BCUT2D eigenvalue weighted by Gasteiger charge is -2.06. The smallest absolute Gasteiger partial charge is 0.152 e. The predicted octanol–water partition coefficient (Wildman–Crippen LogP) is 3.55. The van der Waals surface area contributed by atoms with E-state index < -0.39 is 5.82 Å². The summed E-state index contributed by atoms with van der Waals surface area (Å²) >= 11 is 0. The number of nitriles is 1. The molecule has 1 N–H and O–H groups in total. The first-order valence-electron chi connectivity index (χ1n) is 5.03. The SMILES string of the molecule is C=C/C(=C\C=C/C)c1ccc(O)c(C#N)c1F. The monoisotopic (exact) mass is 229 g/mol. The summed E-state index contributed by atoms with van der Waals surface area (Å²) in [5.41, 5.74) is 0.445. The number of rotatable bonds is 3. The lowest BCUT2D eigenvalue weighted by Crippen LogP contribution is -1.92. The van der Waals surface area contributed by atoms with Crippen molar-refractivity contribution in [2.45, 2.75) is 6.92 Å². The minimum absolute atomic E-state index is 0.243.